The van der Waals surface area contributed by atoms with Crippen LogP contribution in [-0.2, 0) is 11.3 Å². The molecule has 166 valence electrons. The van der Waals surface area contributed by atoms with Gasteiger partial charge in [-0.3, -0.25) is 0 Å². The Morgan fingerprint density at radius 3 is 2.59 bits per heavy atom. The topological polar surface area (TPSA) is 63.4 Å². The second-order valence-corrected chi connectivity index (χ2v) is 8.09. The minimum atomic E-state index is -0.352. The summed E-state index contributed by atoms with van der Waals surface area (Å²) in [5.74, 6) is 0.473. The molecule has 1 aliphatic rings. The lowest BCUT2D eigenvalue weighted by molar-refractivity contribution is 0.0467. The average Bonchev–Trinajstić information content (AvgIpc) is 3.15. The van der Waals surface area contributed by atoms with Crippen LogP contribution in [0.3, 0.4) is 0 Å². The molecule has 0 atom stereocenters. The number of aromatic nitrogens is 1. The average molecular weight is 451 g/mol. The Morgan fingerprint density at radius 2 is 1.75 bits per heavy atom. The van der Waals surface area contributed by atoms with Crippen molar-refractivity contribution < 1.29 is 14.3 Å². The lowest BCUT2D eigenvalue weighted by Crippen LogP contribution is -2.34. The van der Waals surface area contributed by atoms with Gasteiger partial charge in [0.25, 0.3) is 0 Å². The molecular formula is C26H27ClN2O3. The number of ether oxygens (including phenoxy) is 2. The second-order valence-electron chi connectivity index (χ2n) is 8.09. The van der Waals surface area contributed by atoms with Crippen LogP contribution in [0.15, 0.2) is 60.7 Å². The molecule has 2 N–H and O–H groups in total. The molecule has 1 aromatic heterocycles. The van der Waals surface area contributed by atoms with Crippen molar-refractivity contribution in [3.8, 4) is 5.75 Å². The van der Waals surface area contributed by atoms with Crippen LogP contribution in [0.4, 0.5) is 0 Å². The maximum Gasteiger partial charge on any atom is 0.355 e. The van der Waals surface area contributed by atoms with Gasteiger partial charge >= 0.3 is 5.97 Å². The number of H-pyrrole nitrogens is 1. The zero-order valence-corrected chi connectivity index (χ0v) is 18.8. The largest absolute Gasteiger partial charge is 0.490 e. The number of carbonyl (C=O) groups is 1. The van der Waals surface area contributed by atoms with E-state index in [1.807, 2.05) is 49.4 Å². The van der Waals surface area contributed by atoms with E-state index >= 15 is 0 Å². The monoisotopic (exact) mass is 450 g/mol. The van der Waals surface area contributed by atoms with Crippen molar-refractivity contribution in [1.82, 2.24) is 10.3 Å². The number of benzene rings is 3. The lowest BCUT2D eigenvalue weighted by atomic mass is 10.1. The van der Waals surface area contributed by atoms with Crippen molar-refractivity contribution in [2.24, 2.45) is 0 Å². The zero-order valence-electron chi connectivity index (χ0n) is 18.0. The number of aryl methyl sites for hydroxylation is 1. The second kappa shape index (κ2) is 9.63. The summed E-state index contributed by atoms with van der Waals surface area (Å²) in [4.78, 5) is 16.2. The van der Waals surface area contributed by atoms with Gasteiger partial charge in [-0.15, -0.1) is 12.4 Å². The molecule has 1 aliphatic heterocycles. The summed E-state index contributed by atoms with van der Waals surface area (Å²) in [5, 5.41) is 6.55. The molecule has 0 bridgehead atoms. The Balaban J connectivity index is 0.00000245. The normalized spacial score (nSPS) is 14.3. The number of fused-ring (bicyclic) bond motifs is 2. The number of halogens is 1. The van der Waals surface area contributed by atoms with Crippen molar-refractivity contribution in [2.75, 3.05) is 13.1 Å². The molecule has 0 amide bonds. The van der Waals surface area contributed by atoms with Crippen LogP contribution in [0.25, 0.3) is 21.7 Å². The highest BCUT2D eigenvalue weighted by molar-refractivity contribution is 6.00. The van der Waals surface area contributed by atoms with Crippen molar-refractivity contribution in [3.63, 3.8) is 0 Å². The Hall–Kier alpha value is -3.02. The fourth-order valence-corrected chi connectivity index (χ4v) is 4.40. The predicted molar refractivity (Wildman–Crippen MR) is 130 cm³/mol. The molecule has 0 aliphatic carbocycles. The van der Waals surface area contributed by atoms with E-state index in [9.17, 15) is 4.79 Å². The molecule has 1 saturated heterocycles. The number of nitrogens with one attached hydrogen (secondary N) is 2. The molecule has 5 rings (SSSR count). The van der Waals surface area contributed by atoms with E-state index in [1.54, 1.807) is 0 Å². The summed E-state index contributed by atoms with van der Waals surface area (Å²) in [6, 6.07) is 20.1. The number of aromatic amines is 1. The van der Waals surface area contributed by atoms with Gasteiger partial charge in [0.15, 0.2) is 0 Å². The van der Waals surface area contributed by atoms with Gasteiger partial charge < -0.3 is 19.8 Å². The summed E-state index contributed by atoms with van der Waals surface area (Å²) >= 11 is 0. The molecule has 5 nitrogen and oxygen atoms in total. The van der Waals surface area contributed by atoms with Gasteiger partial charge in [0, 0.05) is 5.39 Å². The van der Waals surface area contributed by atoms with Crippen LogP contribution in [-0.4, -0.2) is 30.1 Å². The fourth-order valence-electron chi connectivity index (χ4n) is 4.40. The molecule has 0 spiro atoms. The van der Waals surface area contributed by atoms with E-state index in [0.717, 1.165) is 64.5 Å². The van der Waals surface area contributed by atoms with Gasteiger partial charge in [0.1, 0.15) is 24.2 Å². The van der Waals surface area contributed by atoms with E-state index in [2.05, 4.69) is 28.5 Å². The SMILES string of the molecule is Cc1c(C(=O)OCc2cccc3ccccc23)[nH]c2cccc(OC3CCNCC3)c12.Cl. The minimum Gasteiger partial charge on any atom is -0.490 e. The third kappa shape index (κ3) is 4.31. The van der Waals surface area contributed by atoms with Gasteiger partial charge in [-0.05, 0) is 66.9 Å². The number of carbonyl (C=O) groups excluding carboxylic acids is 1. The smallest absolute Gasteiger partial charge is 0.355 e. The standard InChI is InChI=1S/C26H26N2O3.ClH/c1-17-24-22(10-5-11-23(24)31-20-12-14-27-15-13-20)28-25(17)26(29)30-16-19-8-4-7-18-6-2-3-9-21(18)19;/h2-11,20,27-28H,12-16H2,1H3;1H. The number of rotatable bonds is 5. The first-order valence-corrected chi connectivity index (χ1v) is 10.8. The van der Waals surface area contributed by atoms with E-state index in [1.165, 1.54) is 0 Å². The van der Waals surface area contributed by atoms with Gasteiger partial charge in [0.2, 0.25) is 0 Å². The van der Waals surface area contributed by atoms with Gasteiger partial charge in [-0.25, -0.2) is 4.79 Å². The summed E-state index contributed by atoms with van der Waals surface area (Å²) in [6.07, 6.45) is 2.17. The third-order valence-electron chi connectivity index (χ3n) is 6.06. The summed E-state index contributed by atoms with van der Waals surface area (Å²) in [6.45, 7) is 4.12. The molecule has 0 unspecified atom stereocenters. The number of piperidine rings is 1. The number of hydrogen-bond acceptors (Lipinski definition) is 4. The molecule has 3 aromatic carbocycles. The van der Waals surface area contributed by atoms with Gasteiger partial charge in [-0.1, -0.05) is 48.5 Å². The lowest BCUT2D eigenvalue weighted by Gasteiger charge is -2.24. The highest BCUT2D eigenvalue weighted by Gasteiger charge is 2.21. The van der Waals surface area contributed by atoms with Crippen LogP contribution in [0.2, 0.25) is 0 Å². The van der Waals surface area contributed by atoms with Crippen LogP contribution in [0, 0.1) is 6.92 Å². The van der Waals surface area contributed by atoms with Crippen molar-refractivity contribution in [2.45, 2.75) is 32.5 Å². The maximum atomic E-state index is 12.9. The van der Waals surface area contributed by atoms with Crippen LogP contribution >= 0.6 is 12.4 Å². The third-order valence-corrected chi connectivity index (χ3v) is 6.06. The molecule has 1 fully saturated rings. The predicted octanol–water partition coefficient (Wildman–Crippen LogP) is 5.54. The van der Waals surface area contributed by atoms with E-state index < -0.39 is 0 Å². The first-order valence-electron chi connectivity index (χ1n) is 10.8. The molecule has 2 heterocycles. The molecule has 32 heavy (non-hydrogen) atoms. The highest BCUT2D eigenvalue weighted by Crippen LogP contribution is 2.33. The summed E-state index contributed by atoms with van der Waals surface area (Å²) in [7, 11) is 0. The molecule has 0 radical (unpaired) electrons. The van der Waals surface area contributed by atoms with Crippen molar-refractivity contribution in [3.05, 3.63) is 77.5 Å². The van der Waals surface area contributed by atoms with Crippen molar-refractivity contribution >= 4 is 40.1 Å². The van der Waals surface area contributed by atoms with Crippen molar-refractivity contribution in [1.29, 1.82) is 0 Å². The molecule has 4 aromatic rings. The fraction of sp³-hybridized carbons (Fsp3) is 0.269. The maximum absolute atomic E-state index is 12.9. The molecule has 6 heteroatoms. The van der Waals surface area contributed by atoms with Crippen LogP contribution < -0.4 is 10.1 Å². The number of esters is 1. The number of hydrogen-bond donors (Lipinski definition) is 2. The first kappa shape index (κ1) is 22.2. The zero-order chi connectivity index (χ0) is 21.2. The highest BCUT2D eigenvalue weighted by atomic mass is 35.5. The summed E-state index contributed by atoms with van der Waals surface area (Å²) in [5.41, 5.74) is 3.23. The summed E-state index contributed by atoms with van der Waals surface area (Å²) < 4.78 is 12.0. The van der Waals surface area contributed by atoms with Gasteiger partial charge in [0.05, 0.1) is 5.52 Å². The first-order chi connectivity index (χ1) is 15.2. The Kier molecular flexibility index (Phi) is 6.68. The molecular weight excluding hydrogens is 424 g/mol. The van der Waals surface area contributed by atoms with Gasteiger partial charge in [-0.2, -0.15) is 0 Å². The quantitative estimate of drug-likeness (QED) is 0.392. The molecule has 0 saturated carbocycles. The Morgan fingerprint density at radius 1 is 1.00 bits per heavy atom. The van der Waals surface area contributed by atoms with Crippen LogP contribution in [0.5, 0.6) is 5.75 Å². The van der Waals surface area contributed by atoms with E-state index in [-0.39, 0.29) is 31.1 Å². The Bertz CT molecular complexity index is 1240. The van der Waals surface area contributed by atoms with E-state index in [0.29, 0.717) is 5.69 Å². The van der Waals surface area contributed by atoms with Crippen LogP contribution in [0.1, 0.15) is 34.5 Å². The Labute approximate surface area is 193 Å². The van der Waals surface area contributed by atoms with E-state index in [4.69, 9.17) is 9.47 Å². The minimum absolute atomic E-state index is 0.